The van der Waals surface area contributed by atoms with Crippen molar-refractivity contribution >= 4 is 39.3 Å². The van der Waals surface area contributed by atoms with E-state index in [1.54, 1.807) is 24.3 Å². The normalized spacial score (nSPS) is 14.3. The number of hydrogen-bond donors (Lipinski definition) is 0. The van der Waals surface area contributed by atoms with Gasteiger partial charge in [0.15, 0.2) is 4.80 Å². The summed E-state index contributed by atoms with van der Waals surface area (Å²) in [5, 5.41) is 0. The number of amides is 3. The lowest BCUT2D eigenvalue weighted by molar-refractivity contribution is -0.118. The van der Waals surface area contributed by atoms with Gasteiger partial charge in [-0.25, -0.2) is 0 Å². The Morgan fingerprint density at radius 2 is 1.70 bits per heavy atom. The Bertz CT molecular complexity index is 1170. The lowest BCUT2D eigenvalue weighted by Crippen LogP contribution is -2.35. The van der Waals surface area contributed by atoms with Crippen molar-refractivity contribution in [2.45, 2.75) is 13.8 Å². The monoisotopic (exact) mass is 379 g/mol. The van der Waals surface area contributed by atoms with Crippen LogP contribution in [0.5, 0.6) is 0 Å². The second kappa shape index (κ2) is 6.28. The lowest BCUT2D eigenvalue weighted by Gasteiger charge is -2.10. The van der Waals surface area contributed by atoms with E-state index in [1.807, 2.05) is 31.5 Å². The summed E-state index contributed by atoms with van der Waals surface area (Å²) in [7, 11) is 1.85. The second-order valence-corrected chi connectivity index (χ2v) is 7.60. The van der Waals surface area contributed by atoms with Crippen LogP contribution in [0.15, 0.2) is 41.4 Å². The van der Waals surface area contributed by atoms with E-state index in [-0.39, 0.29) is 6.54 Å². The third-order valence-corrected chi connectivity index (χ3v) is 5.92. The molecular formula is C20H17N3O3S. The number of carbonyl (C=O) groups excluding carboxylic acids is 3. The van der Waals surface area contributed by atoms with Crippen LogP contribution in [0.4, 0.5) is 0 Å². The Hall–Kier alpha value is -3.06. The minimum atomic E-state index is -0.527. The molecule has 0 saturated heterocycles. The van der Waals surface area contributed by atoms with Crippen molar-refractivity contribution < 1.29 is 14.4 Å². The van der Waals surface area contributed by atoms with Crippen molar-refractivity contribution in [3.05, 3.63) is 63.5 Å². The maximum Gasteiger partial charge on any atom is 0.268 e. The van der Waals surface area contributed by atoms with Gasteiger partial charge < -0.3 is 4.57 Å². The molecule has 3 aromatic rings. The van der Waals surface area contributed by atoms with Crippen molar-refractivity contribution in [3.63, 3.8) is 0 Å². The summed E-state index contributed by atoms with van der Waals surface area (Å²) in [6.45, 7) is 3.68. The number of nitrogens with zero attached hydrogens (tertiary/aromatic N) is 3. The SMILES string of the molecule is Cc1cc(C)c2sc(=NC(=O)CN3C(=O)c4ccccc4C3=O)n(C)c2c1. The molecule has 3 amide bonds. The molecule has 0 spiro atoms. The number of thiazole rings is 1. The third-order valence-electron chi connectivity index (χ3n) is 4.63. The highest BCUT2D eigenvalue weighted by molar-refractivity contribution is 7.16. The van der Waals surface area contributed by atoms with Gasteiger partial charge in [-0.3, -0.25) is 19.3 Å². The maximum absolute atomic E-state index is 12.5. The van der Waals surface area contributed by atoms with E-state index in [2.05, 4.69) is 11.1 Å². The van der Waals surface area contributed by atoms with Crippen LogP contribution in [-0.2, 0) is 11.8 Å². The largest absolute Gasteiger partial charge is 0.319 e. The highest BCUT2D eigenvalue weighted by Crippen LogP contribution is 2.23. The number of benzene rings is 2. The van der Waals surface area contributed by atoms with Gasteiger partial charge in [0.1, 0.15) is 6.54 Å². The molecular weight excluding hydrogens is 362 g/mol. The van der Waals surface area contributed by atoms with Crippen molar-refractivity contribution in [1.82, 2.24) is 9.47 Å². The van der Waals surface area contributed by atoms with Crippen molar-refractivity contribution in [2.75, 3.05) is 6.54 Å². The Labute approximate surface area is 159 Å². The number of aromatic nitrogens is 1. The molecule has 0 bridgehead atoms. The Balaban J connectivity index is 1.67. The van der Waals surface area contributed by atoms with Gasteiger partial charge in [-0.15, -0.1) is 0 Å². The fourth-order valence-corrected chi connectivity index (χ4v) is 4.42. The fraction of sp³-hybridized carbons (Fsp3) is 0.200. The van der Waals surface area contributed by atoms with E-state index in [0.29, 0.717) is 15.9 Å². The van der Waals surface area contributed by atoms with E-state index in [1.165, 1.54) is 11.3 Å². The lowest BCUT2D eigenvalue weighted by atomic mass is 10.1. The number of imide groups is 1. The quantitative estimate of drug-likeness (QED) is 0.643. The summed E-state index contributed by atoms with van der Waals surface area (Å²) in [6.07, 6.45) is 0. The molecule has 136 valence electrons. The molecule has 1 aliphatic heterocycles. The van der Waals surface area contributed by atoms with Gasteiger partial charge in [0.2, 0.25) is 0 Å². The Morgan fingerprint density at radius 3 is 2.33 bits per heavy atom. The van der Waals surface area contributed by atoms with Crippen molar-refractivity contribution in [2.24, 2.45) is 12.0 Å². The van der Waals surface area contributed by atoms with E-state index >= 15 is 0 Å². The van der Waals surface area contributed by atoms with Crippen LogP contribution >= 0.6 is 11.3 Å². The van der Waals surface area contributed by atoms with Crippen LogP contribution in [0.3, 0.4) is 0 Å². The van der Waals surface area contributed by atoms with Gasteiger partial charge in [0, 0.05) is 7.05 Å². The van der Waals surface area contributed by atoms with E-state index in [9.17, 15) is 14.4 Å². The molecule has 0 radical (unpaired) electrons. The molecule has 27 heavy (non-hydrogen) atoms. The van der Waals surface area contributed by atoms with Crippen LogP contribution in [-0.4, -0.2) is 33.7 Å². The van der Waals surface area contributed by atoms with Crippen LogP contribution in [0.2, 0.25) is 0 Å². The van der Waals surface area contributed by atoms with Gasteiger partial charge in [-0.2, -0.15) is 4.99 Å². The first kappa shape index (κ1) is 17.4. The topological polar surface area (TPSA) is 71.7 Å². The highest BCUT2D eigenvalue weighted by Gasteiger charge is 2.36. The fourth-order valence-electron chi connectivity index (χ4n) is 3.33. The molecule has 0 atom stereocenters. The van der Waals surface area contributed by atoms with Gasteiger partial charge >= 0.3 is 0 Å². The molecule has 7 heteroatoms. The first-order valence-corrected chi connectivity index (χ1v) is 9.28. The molecule has 1 aromatic heterocycles. The Morgan fingerprint density at radius 1 is 1.07 bits per heavy atom. The molecule has 0 aliphatic carbocycles. The van der Waals surface area contributed by atoms with Gasteiger partial charge in [-0.05, 0) is 43.2 Å². The summed E-state index contributed by atoms with van der Waals surface area (Å²) < 4.78 is 2.93. The van der Waals surface area contributed by atoms with Crippen molar-refractivity contribution in [3.8, 4) is 0 Å². The summed E-state index contributed by atoms with van der Waals surface area (Å²) in [6, 6.07) is 10.7. The summed E-state index contributed by atoms with van der Waals surface area (Å²) in [5.41, 5.74) is 3.92. The van der Waals surface area contributed by atoms with E-state index in [0.717, 1.165) is 26.2 Å². The van der Waals surface area contributed by atoms with Crippen molar-refractivity contribution in [1.29, 1.82) is 0 Å². The summed E-state index contributed by atoms with van der Waals surface area (Å²) >= 11 is 1.42. The number of fused-ring (bicyclic) bond motifs is 2. The Kier molecular flexibility index (Phi) is 4.04. The number of hydrogen-bond acceptors (Lipinski definition) is 4. The predicted molar refractivity (Wildman–Crippen MR) is 103 cm³/mol. The average Bonchev–Trinajstić information content (AvgIpc) is 3.06. The van der Waals surface area contributed by atoms with Crippen LogP contribution < -0.4 is 4.80 Å². The molecule has 2 heterocycles. The average molecular weight is 379 g/mol. The molecule has 6 nitrogen and oxygen atoms in total. The molecule has 0 saturated carbocycles. The molecule has 4 rings (SSSR count). The predicted octanol–water partition coefficient (Wildman–Crippen LogP) is 2.58. The first-order chi connectivity index (χ1) is 12.9. The molecule has 0 unspecified atom stereocenters. The zero-order valence-corrected chi connectivity index (χ0v) is 16.0. The summed E-state index contributed by atoms with van der Waals surface area (Å²) in [5.74, 6) is -1.43. The minimum Gasteiger partial charge on any atom is -0.319 e. The van der Waals surface area contributed by atoms with Gasteiger partial charge in [-0.1, -0.05) is 29.5 Å². The van der Waals surface area contributed by atoms with E-state index < -0.39 is 17.7 Å². The number of carbonyl (C=O) groups is 3. The highest BCUT2D eigenvalue weighted by atomic mass is 32.1. The summed E-state index contributed by atoms with van der Waals surface area (Å²) in [4.78, 5) is 42.9. The maximum atomic E-state index is 12.5. The van der Waals surface area contributed by atoms with Crippen LogP contribution in [0.1, 0.15) is 31.8 Å². The molecule has 2 aromatic carbocycles. The number of rotatable bonds is 2. The zero-order valence-electron chi connectivity index (χ0n) is 15.1. The standard InChI is InChI=1S/C20H17N3O3S/c1-11-8-12(2)17-15(9-11)22(3)20(27-17)21-16(24)10-23-18(25)13-6-4-5-7-14(13)19(23)26/h4-9H,10H2,1-3H3. The van der Waals surface area contributed by atoms with Gasteiger partial charge in [0.25, 0.3) is 17.7 Å². The first-order valence-electron chi connectivity index (χ1n) is 8.46. The van der Waals surface area contributed by atoms with E-state index in [4.69, 9.17) is 0 Å². The van der Waals surface area contributed by atoms with Crippen LogP contribution in [0, 0.1) is 13.8 Å². The minimum absolute atomic E-state index is 0.328. The molecule has 0 fully saturated rings. The zero-order chi connectivity index (χ0) is 19.3. The number of aryl methyl sites for hydroxylation is 3. The molecule has 0 N–H and O–H groups in total. The molecule has 1 aliphatic rings. The second-order valence-electron chi connectivity index (χ2n) is 6.62. The van der Waals surface area contributed by atoms with Gasteiger partial charge in [0.05, 0.1) is 21.3 Å². The third kappa shape index (κ3) is 2.80. The smallest absolute Gasteiger partial charge is 0.268 e. The van der Waals surface area contributed by atoms with Crippen LogP contribution in [0.25, 0.3) is 10.2 Å².